The van der Waals surface area contributed by atoms with Crippen LogP contribution in [0.15, 0.2) is 64.1 Å². The van der Waals surface area contributed by atoms with Crippen LogP contribution in [0.25, 0.3) is 10.2 Å². The summed E-state index contributed by atoms with van der Waals surface area (Å²) in [7, 11) is -3.58. The molecule has 182 valence electrons. The van der Waals surface area contributed by atoms with E-state index in [-0.39, 0.29) is 17.3 Å². The number of anilines is 1. The molecule has 0 radical (unpaired) electrons. The predicted octanol–water partition coefficient (Wildman–Crippen LogP) is 5.87. The molecule has 2 aromatic heterocycles. The minimum absolute atomic E-state index is 0.177. The van der Waals surface area contributed by atoms with Gasteiger partial charge in [-0.2, -0.15) is 4.31 Å². The Kier molecular flexibility index (Phi) is 6.67. The highest BCUT2D eigenvalue weighted by Gasteiger charge is 2.27. The number of sulfonamides is 1. The number of carbonyl (C=O) groups excluding carboxylic acids is 1. The first-order valence-corrected chi connectivity index (χ1v) is 14.0. The fourth-order valence-corrected chi connectivity index (χ4v) is 7.00. The molecule has 0 atom stereocenters. The van der Waals surface area contributed by atoms with Gasteiger partial charge in [0, 0.05) is 18.7 Å². The molecule has 0 N–H and O–H groups in total. The summed E-state index contributed by atoms with van der Waals surface area (Å²) in [4.78, 5) is 20.1. The van der Waals surface area contributed by atoms with E-state index in [1.807, 2.05) is 19.1 Å². The van der Waals surface area contributed by atoms with Crippen molar-refractivity contribution < 1.29 is 17.6 Å². The Morgan fingerprint density at radius 2 is 1.86 bits per heavy atom. The number of amides is 1. The molecule has 7 nitrogen and oxygen atoms in total. The van der Waals surface area contributed by atoms with Crippen LogP contribution in [0.5, 0.6) is 0 Å². The summed E-state index contributed by atoms with van der Waals surface area (Å²) in [6, 6.07) is 13.4. The first-order valence-electron chi connectivity index (χ1n) is 11.3. The molecule has 4 aromatic rings. The molecule has 1 fully saturated rings. The molecule has 5 rings (SSSR count). The lowest BCUT2D eigenvalue weighted by molar-refractivity contribution is 0.0983. The lowest BCUT2D eigenvalue weighted by Gasteiger charge is -2.26. The normalized spacial score (nSPS) is 14.9. The summed E-state index contributed by atoms with van der Waals surface area (Å²) >= 11 is 7.73. The first kappa shape index (κ1) is 24.0. The van der Waals surface area contributed by atoms with Gasteiger partial charge in [-0.3, -0.25) is 9.69 Å². The van der Waals surface area contributed by atoms with E-state index in [9.17, 15) is 13.2 Å². The Balaban J connectivity index is 1.48. The van der Waals surface area contributed by atoms with Crippen molar-refractivity contribution in [2.45, 2.75) is 37.6 Å². The Bertz CT molecular complexity index is 1420. The molecule has 1 saturated heterocycles. The van der Waals surface area contributed by atoms with E-state index in [0.29, 0.717) is 34.6 Å². The van der Waals surface area contributed by atoms with Crippen molar-refractivity contribution in [2.75, 3.05) is 18.0 Å². The summed E-state index contributed by atoms with van der Waals surface area (Å²) < 4.78 is 33.8. The number of carbonyl (C=O) groups is 1. The molecule has 0 bridgehead atoms. The maximum atomic E-state index is 13.6. The van der Waals surface area contributed by atoms with E-state index in [4.69, 9.17) is 21.0 Å². The van der Waals surface area contributed by atoms with Crippen LogP contribution in [0.1, 0.15) is 40.9 Å². The van der Waals surface area contributed by atoms with Gasteiger partial charge in [-0.25, -0.2) is 13.4 Å². The third-order valence-corrected chi connectivity index (χ3v) is 9.56. The maximum absolute atomic E-state index is 13.6. The lowest BCUT2D eigenvalue weighted by atomic mass is 10.2. The molecule has 1 aliphatic heterocycles. The second-order valence-electron chi connectivity index (χ2n) is 8.50. The molecule has 10 heteroatoms. The van der Waals surface area contributed by atoms with Crippen molar-refractivity contribution in [1.82, 2.24) is 9.29 Å². The summed E-state index contributed by atoms with van der Waals surface area (Å²) in [5, 5.41) is 1.06. The molecular formula is C25H24ClN3O4S2. The summed E-state index contributed by atoms with van der Waals surface area (Å²) in [5.41, 5.74) is 2.07. The van der Waals surface area contributed by atoms with Crippen LogP contribution in [-0.2, 0) is 16.6 Å². The molecule has 0 aliphatic carbocycles. The summed E-state index contributed by atoms with van der Waals surface area (Å²) in [6.07, 6.45) is 4.32. The zero-order valence-electron chi connectivity index (χ0n) is 19.1. The fraction of sp³-hybridized carbons (Fsp3) is 0.280. The van der Waals surface area contributed by atoms with Crippen molar-refractivity contribution in [3.8, 4) is 0 Å². The minimum atomic E-state index is -3.58. The Labute approximate surface area is 213 Å². The standard InChI is InChI=1S/C25H24ClN3O4S2/c1-17-7-12-21(26)23-22(17)27-25(34-23)29(16-19-6-5-15-33-19)24(30)18-8-10-20(11-9-18)35(31,32)28-13-3-2-4-14-28/h5-12,15H,2-4,13-14,16H2,1H3. The Morgan fingerprint density at radius 1 is 1.11 bits per heavy atom. The van der Waals surface area contributed by atoms with Crippen LogP contribution in [0.3, 0.4) is 0 Å². The molecule has 35 heavy (non-hydrogen) atoms. The van der Waals surface area contributed by atoms with Crippen molar-refractivity contribution in [3.63, 3.8) is 0 Å². The molecule has 1 aliphatic rings. The molecule has 0 saturated carbocycles. The third-order valence-electron chi connectivity index (χ3n) is 6.11. The monoisotopic (exact) mass is 529 g/mol. The second kappa shape index (κ2) is 9.73. The van der Waals surface area contributed by atoms with Gasteiger partial charge in [0.05, 0.1) is 32.9 Å². The number of halogens is 1. The van der Waals surface area contributed by atoms with Crippen LogP contribution in [-0.4, -0.2) is 36.7 Å². The van der Waals surface area contributed by atoms with Crippen LogP contribution in [0.4, 0.5) is 5.13 Å². The number of aryl methyl sites for hydroxylation is 1. The van der Waals surface area contributed by atoms with E-state index in [2.05, 4.69) is 0 Å². The number of hydrogen-bond donors (Lipinski definition) is 0. The molecule has 0 unspecified atom stereocenters. The molecule has 2 aromatic carbocycles. The molecular weight excluding hydrogens is 506 g/mol. The largest absolute Gasteiger partial charge is 0.467 e. The molecule has 1 amide bonds. The minimum Gasteiger partial charge on any atom is -0.467 e. The number of piperidine rings is 1. The van der Waals surface area contributed by atoms with Gasteiger partial charge >= 0.3 is 0 Å². The quantitative estimate of drug-likeness (QED) is 0.312. The van der Waals surface area contributed by atoms with E-state index in [1.165, 1.54) is 32.7 Å². The Morgan fingerprint density at radius 3 is 2.51 bits per heavy atom. The highest BCUT2D eigenvalue weighted by Crippen LogP contribution is 2.36. The van der Waals surface area contributed by atoms with Crippen LogP contribution < -0.4 is 4.90 Å². The highest BCUT2D eigenvalue weighted by molar-refractivity contribution is 7.89. The van der Waals surface area contributed by atoms with Gasteiger partial charge in [-0.1, -0.05) is 35.4 Å². The fourth-order valence-electron chi connectivity index (χ4n) is 4.17. The third kappa shape index (κ3) is 4.73. The summed E-state index contributed by atoms with van der Waals surface area (Å²) in [6.45, 7) is 3.18. The zero-order chi connectivity index (χ0) is 24.6. The van der Waals surface area contributed by atoms with Gasteiger partial charge in [-0.15, -0.1) is 0 Å². The van der Waals surface area contributed by atoms with Crippen LogP contribution >= 0.6 is 22.9 Å². The van der Waals surface area contributed by atoms with Crippen molar-refractivity contribution in [3.05, 3.63) is 76.7 Å². The number of hydrogen-bond acceptors (Lipinski definition) is 6. The molecule has 3 heterocycles. The highest BCUT2D eigenvalue weighted by atomic mass is 35.5. The van der Waals surface area contributed by atoms with E-state index >= 15 is 0 Å². The first-order chi connectivity index (χ1) is 16.8. The number of aromatic nitrogens is 1. The van der Waals surface area contributed by atoms with E-state index in [1.54, 1.807) is 30.5 Å². The van der Waals surface area contributed by atoms with Gasteiger partial charge in [0.2, 0.25) is 10.0 Å². The smallest absolute Gasteiger partial charge is 0.260 e. The number of fused-ring (bicyclic) bond motifs is 1. The number of benzene rings is 2. The van der Waals surface area contributed by atoms with Crippen LogP contribution in [0, 0.1) is 6.92 Å². The van der Waals surface area contributed by atoms with Crippen molar-refractivity contribution >= 4 is 54.2 Å². The van der Waals surface area contributed by atoms with E-state index in [0.717, 1.165) is 35.0 Å². The van der Waals surface area contributed by atoms with Gasteiger partial charge in [0.25, 0.3) is 5.91 Å². The number of furan rings is 1. The van der Waals surface area contributed by atoms with Gasteiger partial charge in [-0.05, 0) is 67.8 Å². The average molecular weight is 530 g/mol. The number of rotatable bonds is 6. The maximum Gasteiger partial charge on any atom is 0.260 e. The predicted molar refractivity (Wildman–Crippen MR) is 138 cm³/mol. The SMILES string of the molecule is Cc1ccc(Cl)c2sc(N(Cc3ccco3)C(=O)c3ccc(S(=O)(=O)N4CCCCC4)cc3)nc12. The number of thiazole rings is 1. The van der Waals surface area contributed by atoms with Crippen molar-refractivity contribution in [2.24, 2.45) is 0 Å². The van der Waals surface area contributed by atoms with Gasteiger partial charge in [0.15, 0.2) is 5.13 Å². The van der Waals surface area contributed by atoms with Crippen molar-refractivity contribution in [1.29, 1.82) is 0 Å². The van der Waals surface area contributed by atoms with Gasteiger partial charge in [0.1, 0.15) is 5.76 Å². The number of nitrogens with zero attached hydrogens (tertiary/aromatic N) is 3. The van der Waals surface area contributed by atoms with Gasteiger partial charge < -0.3 is 4.42 Å². The van der Waals surface area contributed by atoms with E-state index < -0.39 is 10.0 Å². The topological polar surface area (TPSA) is 83.7 Å². The Hall–Kier alpha value is -2.72. The second-order valence-corrected chi connectivity index (χ2v) is 11.8. The zero-order valence-corrected chi connectivity index (χ0v) is 21.5. The molecule has 0 spiro atoms. The van der Waals surface area contributed by atoms with Crippen LogP contribution in [0.2, 0.25) is 5.02 Å². The average Bonchev–Trinajstić information content (AvgIpc) is 3.56. The lowest BCUT2D eigenvalue weighted by Crippen LogP contribution is -2.35. The summed E-state index contributed by atoms with van der Waals surface area (Å²) in [5.74, 6) is 0.292.